The Bertz CT molecular complexity index is 989. The van der Waals surface area contributed by atoms with Gasteiger partial charge in [0.2, 0.25) is 12.3 Å². The van der Waals surface area contributed by atoms with Crippen LogP contribution in [-0.4, -0.2) is 61.6 Å². The van der Waals surface area contributed by atoms with Crippen molar-refractivity contribution in [3.8, 4) is 0 Å². The molecule has 0 radical (unpaired) electrons. The summed E-state index contributed by atoms with van der Waals surface area (Å²) in [6.45, 7) is 1.55. The molecule has 0 spiro atoms. The topological polar surface area (TPSA) is 91.0 Å². The van der Waals surface area contributed by atoms with E-state index in [1.54, 1.807) is 4.90 Å². The van der Waals surface area contributed by atoms with Crippen LogP contribution in [0.1, 0.15) is 43.6 Å². The number of anilines is 1. The molecule has 33 heavy (non-hydrogen) atoms. The number of rotatable bonds is 5. The van der Waals surface area contributed by atoms with Gasteiger partial charge in [0.25, 0.3) is 0 Å². The smallest absolute Gasteiger partial charge is 0.407 e. The van der Waals surface area contributed by atoms with Crippen LogP contribution in [0.15, 0.2) is 23.4 Å². The Kier molecular flexibility index (Phi) is 5.67. The van der Waals surface area contributed by atoms with Gasteiger partial charge in [0.15, 0.2) is 0 Å². The van der Waals surface area contributed by atoms with Gasteiger partial charge < -0.3 is 25.2 Å². The highest BCUT2D eigenvalue weighted by Crippen LogP contribution is 2.37. The van der Waals surface area contributed by atoms with Crippen molar-refractivity contribution in [2.75, 3.05) is 31.1 Å². The molecule has 3 heterocycles. The Morgan fingerprint density at radius 2 is 1.82 bits per heavy atom. The number of carbonyl (C=O) groups excluding carboxylic acids is 3. The SMILES string of the molecule is O=CN1CC(OC(=O)NC2CN(c3cc(F)c(C4CCC(=C5CCC5)NC4=O)c(F)c3)C2)C1. The number of benzene rings is 1. The van der Waals surface area contributed by atoms with Gasteiger partial charge in [-0.05, 0) is 44.2 Å². The zero-order chi connectivity index (χ0) is 23.1. The third-order valence-corrected chi connectivity index (χ3v) is 6.94. The molecule has 8 nitrogen and oxygen atoms in total. The zero-order valence-corrected chi connectivity index (χ0v) is 18.1. The lowest BCUT2D eigenvalue weighted by atomic mass is 9.83. The van der Waals surface area contributed by atoms with Crippen LogP contribution in [-0.2, 0) is 14.3 Å². The van der Waals surface area contributed by atoms with Crippen LogP contribution in [0, 0.1) is 11.6 Å². The van der Waals surface area contributed by atoms with Crippen LogP contribution in [0.25, 0.3) is 0 Å². The maximum Gasteiger partial charge on any atom is 0.407 e. The maximum absolute atomic E-state index is 14.9. The van der Waals surface area contributed by atoms with Crippen molar-refractivity contribution in [2.45, 2.75) is 50.2 Å². The molecule has 1 aromatic rings. The van der Waals surface area contributed by atoms with Crippen molar-refractivity contribution in [2.24, 2.45) is 0 Å². The Morgan fingerprint density at radius 3 is 2.39 bits per heavy atom. The minimum Gasteiger partial charge on any atom is -0.442 e. The van der Waals surface area contributed by atoms with Crippen LogP contribution in [0.3, 0.4) is 0 Å². The van der Waals surface area contributed by atoms with E-state index in [1.165, 1.54) is 22.6 Å². The number of carbonyl (C=O) groups is 3. The summed E-state index contributed by atoms with van der Waals surface area (Å²) in [5.41, 5.74) is 2.36. The van der Waals surface area contributed by atoms with Crippen LogP contribution < -0.4 is 15.5 Å². The van der Waals surface area contributed by atoms with Crippen molar-refractivity contribution >= 4 is 24.1 Å². The van der Waals surface area contributed by atoms with Gasteiger partial charge in [-0.1, -0.05) is 5.57 Å². The van der Waals surface area contributed by atoms with Gasteiger partial charge in [0.1, 0.15) is 17.7 Å². The van der Waals surface area contributed by atoms with Crippen molar-refractivity contribution in [1.29, 1.82) is 0 Å². The van der Waals surface area contributed by atoms with Gasteiger partial charge >= 0.3 is 6.09 Å². The summed E-state index contributed by atoms with van der Waals surface area (Å²) in [5, 5.41) is 5.57. The number of hydrogen-bond donors (Lipinski definition) is 2. The molecule has 4 aliphatic rings. The number of alkyl carbamates (subject to hydrolysis) is 1. The average molecular weight is 460 g/mol. The van der Waals surface area contributed by atoms with Gasteiger partial charge in [-0.15, -0.1) is 0 Å². The van der Waals surface area contributed by atoms with Crippen molar-refractivity contribution in [1.82, 2.24) is 15.5 Å². The van der Waals surface area contributed by atoms with Crippen LogP contribution in [0.2, 0.25) is 0 Å². The van der Waals surface area contributed by atoms with Crippen LogP contribution >= 0.6 is 0 Å². The fourth-order valence-corrected chi connectivity index (χ4v) is 4.76. The largest absolute Gasteiger partial charge is 0.442 e. The molecule has 3 aliphatic heterocycles. The monoisotopic (exact) mass is 460 g/mol. The van der Waals surface area contributed by atoms with E-state index in [-0.39, 0.29) is 23.6 Å². The number of amides is 3. The molecule has 1 aromatic carbocycles. The zero-order valence-electron chi connectivity index (χ0n) is 18.1. The van der Waals surface area contributed by atoms with Gasteiger partial charge in [-0.25, -0.2) is 13.6 Å². The summed E-state index contributed by atoms with van der Waals surface area (Å²) in [7, 11) is 0. The summed E-state index contributed by atoms with van der Waals surface area (Å²) in [4.78, 5) is 38.3. The highest BCUT2D eigenvalue weighted by Gasteiger charge is 2.35. The lowest BCUT2D eigenvalue weighted by Crippen LogP contribution is -2.61. The van der Waals surface area contributed by atoms with E-state index in [0.29, 0.717) is 51.1 Å². The Morgan fingerprint density at radius 1 is 1.12 bits per heavy atom. The first-order valence-electron chi connectivity index (χ1n) is 11.3. The molecule has 3 saturated heterocycles. The molecule has 1 aliphatic carbocycles. The molecule has 1 saturated carbocycles. The van der Waals surface area contributed by atoms with E-state index in [1.807, 2.05) is 0 Å². The summed E-state index contributed by atoms with van der Waals surface area (Å²) in [6, 6.07) is 2.30. The minimum absolute atomic E-state index is 0.183. The number of nitrogens with zero attached hydrogens (tertiary/aromatic N) is 2. The molecule has 1 unspecified atom stereocenters. The number of nitrogens with one attached hydrogen (secondary N) is 2. The number of allylic oxidation sites excluding steroid dienone is 2. The number of hydrogen-bond acceptors (Lipinski definition) is 5. The van der Waals surface area contributed by atoms with Crippen LogP contribution in [0.5, 0.6) is 0 Å². The fourth-order valence-electron chi connectivity index (χ4n) is 4.76. The molecule has 3 amide bonds. The van der Waals surface area contributed by atoms with E-state index >= 15 is 0 Å². The lowest BCUT2D eigenvalue weighted by molar-refractivity contribution is -0.127. The van der Waals surface area contributed by atoms with Crippen molar-refractivity contribution in [3.05, 3.63) is 40.6 Å². The molecule has 0 bridgehead atoms. The van der Waals surface area contributed by atoms with Crippen molar-refractivity contribution in [3.63, 3.8) is 0 Å². The summed E-state index contributed by atoms with van der Waals surface area (Å²) >= 11 is 0. The van der Waals surface area contributed by atoms with Gasteiger partial charge in [-0.2, -0.15) is 0 Å². The molecule has 10 heteroatoms. The molecule has 5 rings (SSSR count). The standard InChI is InChI=1S/C23H26F2N4O4/c24-18-6-15(29-8-14(9-29)26-23(32)33-16-10-28(11-16)12-30)7-19(25)21(18)17-4-5-20(27-22(17)31)13-2-1-3-13/h6-7,12,14,16-17H,1-5,8-11H2,(H,26,32)(H,27,31). The van der Waals surface area contributed by atoms with Crippen molar-refractivity contribution < 1.29 is 27.9 Å². The first-order chi connectivity index (χ1) is 15.9. The number of ether oxygens (including phenoxy) is 1. The quantitative estimate of drug-likeness (QED) is 0.658. The second kappa shape index (κ2) is 8.64. The summed E-state index contributed by atoms with van der Waals surface area (Å²) in [6.07, 6.45) is 3.94. The molecule has 0 aromatic heterocycles. The number of halogens is 2. The highest BCUT2D eigenvalue weighted by molar-refractivity contribution is 5.86. The first kappa shape index (κ1) is 21.7. The second-order valence-electron chi connectivity index (χ2n) is 9.17. The molecular weight excluding hydrogens is 434 g/mol. The summed E-state index contributed by atoms with van der Waals surface area (Å²) in [5.74, 6) is -2.66. The first-order valence-corrected chi connectivity index (χ1v) is 11.3. The Labute approximate surface area is 189 Å². The molecule has 1 atom stereocenters. The van der Waals surface area contributed by atoms with Crippen LogP contribution in [0.4, 0.5) is 19.3 Å². The van der Waals surface area contributed by atoms with E-state index in [0.717, 1.165) is 25.0 Å². The third kappa shape index (κ3) is 4.26. The van der Waals surface area contributed by atoms with E-state index in [9.17, 15) is 23.2 Å². The Balaban J connectivity index is 1.16. The highest BCUT2D eigenvalue weighted by atomic mass is 19.1. The van der Waals surface area contributed by atoms with Gasteiger partial charge in [0, 0.05) is 30.0 Å². The fraction of sp³-hybridized carbons (Fsp3) is 0.522. The molecule has 4 fully saturated rings. The second-order valence-corrected chi connectivity index (χ2v) is 9.17. The third-order valence-electron chi connectivity index (χ3n) is 6.94. The molecule has 2 N–H and O–H groups in total. The molecular formula is C23H26F2N4O4. The maximum atomic E-state index is 14.9. The Hall–Kier alpha value is -3.17. The number of likely N-dealkylation sites (tertiary alicyclic amines) is 1. The predicted octanol–water partition coefficient (Wildman–Crippen LogP) is 2.15. The normalized spacial score (nSPS) is 23.3. The lowest BCUT2D eigenvalue weighted by Gasteiger charge is -2.42. The summed E-state index contributed by atoms with van der Waals surface area (Å²) < 4.78 is 35.0. The molecule has 176 valence electrons. The number of piperidine rings is 1. The minimum atomic E-state index is -0.842. The average Bonchev–Trinajstić information content (AvgIpc) is 2.66. The van der Waals surface area contributed by atoms with Gasteiger partial charge in [0.05, 0.1) is 25.0 Å². The van der Waals surface area contributed by atoms with E-state index in [4.69, 9.17) is 4.74 Å². The van der Waals surface area contributed by atoms with E-state index in [2.05, 4.69) is 10.6 Å². The predicted molar refractivity (Wildman–Crippen MR) is 114 cm³/mol. The van der Waals surface area contributed by atoms with E-state index < -0.39 is 23.6 Å². The van der Waals surface area contributed by atoms with Gasteiger partial charge in [-0.3, -0.25) is 9.59 Å².